The van der Waals surface area contributed by atoms with E-state index in [1.54, 1.807) is 0 Å². The van der Waals surface area contributed by atoms with E-state index in [9.17, 15) is 0 Å². The van der Waals surface area contributed by atoms with Gasteiger partial charge in [-0.2, -0.15) is 0 Å². The quantitative estimate of drug-likeness (QED) is 0.224. The molecule has 0 atom stereocenters. The third kappa shape index (κ3) is 3.92. The van der Waals surface area contributed by atoms with Crippen molar-refractivity contribution in [3.05, 3.63) is 76.9 Å². The van der Waals surface area contributed by atoms with Crippen LogP contribution in [-0.2, 0) is 12.8 Å². The van der Waals surface area contributed by atoms with Crippen molar-refractivity contribution in [2.75, 3.05) is 0 Å². The molecule has 0 aliphatic carbocycles. The summed E-state index contributed by atoms with van der Waals surface area (Å²) in [5.74, 6) is 1.76. The fraction of sp³-hybridized carbons (Fsp3) is 0.303. The second-order valence-electron chi connectivity index (χ2n) is 12.7. The second-order valence-corrected chi connectivity index (χ2v) is 13.1. The molecule has 0 radical (unpaired) electrons. The lowest BCUT2D eigenvalue weighted by atomic mass is 9.82. The molecule has 1 aliphatic rings. The van der Waals surface area contributed by atoms with Gasteiger partial charge in [0.1, 0.15) is 11.5 Å². The lowest BCUT2D eigenvalue weighted by Gasteiger charge is -2.28. The molecule has 2 nitrogen and oxygen atoms in total. The van der Waals surface area contributed by atoms with Gasteiger partial charge in [-0.25, -0.2) is 0 Å². The molecular weight excluding hydrogens is 462 g/mol. The zero-order valence-electron chi connectivity index (χ0n) is 21.9. The number of hydrogen-bond donors (Lipinski definition) is 0. The minimum atomic E-state index is 0.0991. The zero-order valence-corrected chi connectivity index (χ0v) is 22.7. The fourth-order valence-corrected chi connectivity index (χ4v) is 5.91. The fourth-order valence-electron chi connectivity index (χ4n) is 5.69. The van der Waals surface area contributed by atoms with Crippen molar-refractivity contribution >= 4 is 43.9 Å². The number of pyridine rings is 1. The molecule has 0 saturated carbocycles. The first kappa shape index (κ1) is 23.3. The monoisotopic (exact) mass is 493 g/mol. The normalized spacial score (nSPS) is 13.3. The summed E-state index contributed by atoms with van der Waals surface area (Å²) in [5.41, 5.74) is 5.01. The van der Waals surface area contributed by atoms with E-state index >= 15 is 0 Å². The molecule has 4 aromatic carbocycles. The van der Waals surface area contributed by atoms with Crippen LogP contribution < -0.4 is 4.74 Å². The van der Waals surface area contributed by atoms with Gasteiger partial charge in [-0.05, 0) is 75.0 Å². The maximum Gasteiger partial charge on any atom is 0.140 e. The first-order valence-electron chi connectivity index (χ1n) is 12.8. The van der Waals surface area contributed by atoms with E-state index in [1.807, 2.05) is 18.3 Å². The standard InChI is InChI=1S/C33H32ClNO/c1-32(2,3)17-19-10-11-21-20(14-19)15-25-30-29-23(12-13-35-30)22-8-7-9-27(34)24(22)16-28(29)36-31(25)26(21)18-33(4,5)6/h7-16H,17-18H2,1-6H3. The Hall–Kier alpha value is -3.10. The summed E-state index contributed by atoms with van der Waals surface area (Å²) in [6.45, 7) is 13.7. The van der Waals surface area contributed by atoms with E-state index in [1.165, 1.54) is 21.9 Å². The summed E-state index contributed by atoms with van der Waals surface area (Å²) in [5, 5.41) is 7.57. The smallest absolute Gasteiger partial charge is 0.140 e. The lowest BCUT2D eigenvalue weighted by Crippen LogP contribution is -2.13. The van der Waals surface area contributed by atoms with Gasteiger partial charge >= 0.3 is 0 Å². The largest absolute Gasteiger partial charge is 0.456 e. The molecular formula is C33H32ClNO. The number of benzene rings is 4. The van der Waals surface area contributed by atoms with Crippen LogP contribution in [0.1, 0.15) is 52.7 Å². The van der Waals surface area contributed by atoms with Gasteiger partial charge in [-0.3, -0.25) is 4.98 Å². The molecule has 1 aromatic heterocycles. The Bertz CT molecular complexity index is 1690. The predicted octanol–water partition coefficient (Wildman–Crippen LogP) is 10.1. The number of rotatable bonds is 2. The number of nitrogens with zero attached hydrogens (tertiary/aromatic N) is 1. The van der Waals surface area contributed by atoms with Crippen LogP contribution in [0.3, 0.4) is 0 Å². The van der Waals surface area contributed by atoms with Crippen molar-refractivity contribution in [1.82, 2.24) is 4.98 Å². The van der Waals surface area contributed by atoms with E-state index in [-0.39, 0.29) is 10.8 Å². The first-order chi connectivity index (χ1) is 17.0. The van der Waals surface area contributed by atoms with Crippen molar-refractivity contribution in [3.8, 4) is 22.8 Å². The van der Waals surface area contributed by atoms with Gasteiger partial charge in [0.05, 0.1) is 11.1 Å². The van der Waals surface area contributed by atoms with E-state index in [0.717, 1.165) is 62.2 Å². The highest BCUT2D eigenvalue weighted by Crippen LogP contribution is 2.52. The van der Waals surface area contributed by atoms with Crippen molar-refractivity contribution in [2.24, 2.45) is 10.8 Å². The highest BCUT2D eigenvalue weighted by Gasteiger charge is 2.28. The number of ether oxygens (including phenoxy) is 1. The van der Waals surface area contributed by atoms with E-state index < -0.39 is 0 Å². The maximum absolute atomic E-state index is 6.81. The molecule has 36 heavy (non-hydrogen) atoms. The highest BCUT2D eigenvalue weighted by molar-refractivity contribution is 6.37. The maximum atomic E-state index is 6.81. The summed E-state index contributed by atoms with van der Waals surface area (Å²) in [4.78, 5) is 4.92. The number of aromatic nitrogens is 1. The third-order valence-electron chi connectivity index (χ3n) is 6.98. The minimum absolute atomic E-state index is 0.0991. The molecule has 3 heteroatoms. The number of fused-ring (bicyclic) bond motifs is 5. The summed E-state index contributed by atoms with van der Waals surface area (Å²) in [6, 6.07) is 19.5. The molecule has 0 saturated heterocycles. The number of hydrogen-bond acceptors (Lipinski definition) is 2. The van der Waals surface area contributed by atoms with Crippen molar-refractivity contribution < 1.29 is 4.74 Å². The Morgan fingerprint density at radius 2 is 1.56 bits per heavy atom. The highest BCUT2D eigenvalue weighted by atomic mass is 35.5. The van der Waals surface area contributed by atoms with Crippen molar-refractivity contribution in [3.63, 3.8) is 0 Å². The molecule has 6 rings (SSSR count). The van der Waals surface area contributed by atoms with Crippen LogP contribution in [0.25, 0.3) is 43.6 Å². The van der Waals surface area contributed by atoms with Crippen LogP contribution in [0.4, 0.5) is 0 Å². The molecule has 5 aromatic rings. The molecule has 0 N–H and O–H groups in total. The SMILES string of the molecule is CC(C)(C)Cc1ccc2c(CC(C)(C)C)c3c(cc2c1)-c1nccc2c1c(cc1c(Cl)cccc12)O3. The summed E-state index contributed by atoms with van der Waals surface area (Å²) >= 11 is 6.63. The third-order valence-corrected chi connectivity index (χ3v) is 7.31. The zero-order chi connectivity index (χ0) is 25.4. The lowest BCUT2D eigenvalue weighted by molar-refractivity contribution is 0.400. The van der Waals surface area contributed by atoms with Crippen LogP contribution in [-0.4, -0.2) is 4.98 Å². The van der Waals surface area contributed by atoms with E-state index in [0.29, 0.717) is 0 Å². The van der Waals surface area contributed by atoms with Gasteiger partial charge in [0.2, 0.25) is 0 Å². The van der Waals surface area contributed by atoms with Gasteiger partial charge in [0.15, 0.2) is 0 Å². The molecule has 2 heterocycles. The van der Waals surface area contributed by atoms with Gasteiger partial charge in [0, 0.05) is 27.7 Å². The van der Waals surface area contributed by atoms with Crippen LogP contribution in [0, 0.1) is 10.8 Å². The Kier molecular flexibility index (Phi) is 5.15. The molecule has 182 valence electrons. The summed E-state index contributed by atoms with van der Waals surface area (Å²) < 4.78 is 6.81. The van der Waals surface area contributed by atoms with Crippen molar-refractivity contribution in [2.45, 2.75) is 54.4 Å². The summed E-state index contributed by atoms with van der Waals surface area (Å²) in [6.07, 6.45) is 3.86. The second kappa shape index (κ2) is 7.95. The van der Waals surface area contributed by atoms with Crippen molar-refractivity contribution in [1.29, 1.82) is 0 Å². The molecule has 0 spiro atoms. The Balaban J connectivity index is 1.69. The Morgan fingerprint density at radius 1 is 0.778 bits per heavy atom. The van der Waals surface area contributed by atoms with Crippen LogP contribution in [0.2, 0.25) is 5.02 Å². The molecule has 0 unspecified atom stereocenters. The molecule has 0 bridgehead atoms. The van der Waals surface area contributed by atoms with Gasteiger partial charge in [-0.1, -0.05) is 83.5 Å². The van der Waals surface area contributed by atoms with Gasteiger partial charge < -0.3 is 4.74 Å². The molecule has 0 fully saturated rings. The average Bonchev–Trinajstić information content (AvgIpc) is 2.78. The van der Waals surface area contributed by atoms with Crippen LogP contribution >= 0.6 is 11.6 Å². The summed E-state index contributed by atoms with van der Waals surface area (Å²) in [7, 11) is 0. The minimum Gasteiger partial charge on any atom is -0.456 e. The van der Waals surface area contributed by atoms with E-state index in [4.69, 9.17) is 21.3 Å². The first-order valence-corrected chi connectivity index (χ1v) is 13.1. The van der Waals surface area contributed by atoms with Crippen LogP contribution in [0.5, 0.6) is 11.5 Å². The van der Waals surface area contributed by atoms with Crippen LogP contribution in [0.15, 0.2) is 60.8 Å². The predicted molar refractivity (Wildman–Crippen MR) is 154 cm³/mol. The van der Waals surface area contributed by atoms with Gasteiger partial charge in [-0.15, -0.1) is 0 Å². The Labute approximate surface area is 218 Å². The average molecular weight is 494 g/mol. The number of halogens is 1. The topological polar surface area (TPSA) is 22.1 Å². The van der Waals surface area contributed by atoms with E-state index in [2.05, 4.69) is 84.0 Å². The molecule has 0 amide bonds. The van der Waals surface area contributed by atoms with Gasteiger partial charge in [0.25, 0.3) is 0 Å². The molecule has 1 aliphatic heterocycles. The Morgan fingerprint density at radius 3 is 2.31 bits per heavy atom.